The molecule has 1 amide bonds. The first-order chi connectivity index (χ1) is 8.46. The van der Waals surface area contributed by atoms with Crippen molar-refractivity contribution < 1.29 is 22.8 Å². The molecule has 0 atom stereocenters. The Morgan fingerprint density at radius 2 is 2.11 bits per heavy atom. The van der Waals surface area contributed by atoms with Gasteiger partial charge in [0.15, 0.2) is 6.61 Å². The second-order valence-corrected chi connectivity index (χ2v) is 5.24. The lowest BCUT2D eigenvalue weighted by atomic mass is 9.99. The van der Waals surface area contributed by atoms with Gasteiger partial charge in [0, 0.05) is 4.88 Å². The molecule has 18 heavy (non-hydrogen) atoms. The summed E-state index contributed by atoms with van der Waals surface area (Å²) in [6.07, 6.45) is -0.379. The molecule has 0 aliphatic heterocycles. The van der Waals surface area contributed by atoms with E-state index in [0.29, 0.717) is 4.88 Å². The van der Waals surface area contributed by atoms with Crippen LogP contribution in [0.1, 0.15) is 33.0 Å². The van der Waals surface area contributed by atoms with Crippen LogP contribution in [0.3, 0.4) is 0 Å². The van der Waals surface area contributed by atoms with E-state index >= 15 is 0 Å². The Labute approximate surface area is 106 Å². The van der Waals surface area contributed by atoms with Gasteiger partial charge in [0.05, 0.1) is 4.88 Å². The summed E-state index contributed by atoms with van der Waals surface area (Å²) >= 11 is 1.33. The summed E-state index contributed by atoms with van der Waals surface area (Å²) in [7, 11) is 0. The summed E-state index contributed by atoms with van der Waals surface area (Å²) in [5.74, 6) is -0.612. The molecule has 0 unspecified atom stereocenters. The molecule has 1 aromatic heterocycles. The highest BCUT2D eigenvalue weighted by molar-refractivity contribution is 7.14. The Kier molecular flexibility index (Phi) is 3.91. The molecular formula is C11H12F3NO2S. The molecule has 1 aliphatic carbocycles. The van der Waals surface area contributed by atoms with E-state index in [4.69, 9.17) is 0 Å². The minimum atomic E-state index is -4.44. The first-order valence-electron chi connectivity index (χ1n) is 5.56. The average molecular weight is 279 g/mol. The molecule has 0 spiro atoms. The van der Waals surface area contributed by atoms with Crippen molar-refractivity contribution in [2.75, 3.05) is 6.61 Å². The minimum Gasteiger partial charge on any atom is -0.266 e. The molecule has 0 aromatic carbocycles. The first-order valence-corrected chi connectivity index (χ1v) is 6.38. The fourth-order valence-corrected chi connectivity index (χ4v) is 2.98. The maximum Gasteiger partial charge on any atom is 0.414 e. The summed E-state index contributed by atoms with van der Waals surface area (Å²) < 4.78 is 35.5. The largest absolute Gasteiger partial charge is 0.414 e. The molecule has 1 heterocycles. The monoisotopic (exact) mass is 279 g/mol. The number of carbonyl (C=O) groups excluding carboxylic acids is 1. The molecule has 0 fully saturated rings. The van der Waals surface area contributed by atoms with Crippen LogP contribution >= 0.6 is 11.3 Å². The predicted molar refractivity (Wildman–Crippen MR) is 60.4 cm³/mol. The van der Waals surface area contributed by atoms with Crippen molar-refractivity contribution in [3.63, 3.8) is 0 Å². The smallest absolute Gasteiger partial charge is 0.266 e. The number of amides is 1. The average Bonchev–Trinajstić information content (AvgIpc) is 2.70. The van der Waals surface area contributed by atoms with Crippen molar-refractivity contribution in [1.29, 1.82) is 0 Å². The fraction of sp³-hybridized carbons (Fsp3) is 0.545. The number of carbonyl (C=O) groups is 1. The van der Waals surface area contributed by atoms with E-state index in [1.165, 1.54) is 11.3 Å². The third-order valence-electron chi connectivity index (χ3n) is 2.62. The zero-order chi connectivity index (χ0) is 13.2. The standard InChI is InChI=1S/C11H12F3NO2S/c12-11(13,14)6-17-15-10(16)9-5-7-3-1-2-4-8(7)18-9/h5H,1-4,6H2,(H,15,16). The van der Waals surface area contributed by atoms with Crippen LogP contribution in [-0.2, 0) is 17.7 Å². The minimum absolute atomic E-state index is 0.407. The number of alkyl halides is 3. The van der Waals surface area contributed by atoms with Crippen molar-refractivity contribution in [2.45, 2.75) is 31.9 Å². The highest BCUT2D eigenvalue weighted by atomic mass is 32.1. The van der Waals surface area contributed by atoms with E-state index in [2.05, 4.69) is 4.84 Å². The van der Waals surface area contributed by atoms with E-state index < -0.39 is 18.7 Å². The third kappa shape index (κ3) is 3.46. The predicted octanol–water partition coefficient (Wildman–Crippen LogP) is 2.85. The maximum atomic E-state index is 11.8. The number of thiophene rings is 1. The number of hydrogen-bond donors (Lipinski definition) is 1. The Hall–Kier alpha value is -1.08. The SMILES string of the molecule is O=C(NOCC(F)(F)F)c1cc2c(s1)CCCC2. The van der Waals surface area contributed by atoms with E-state index in [-0.39, 0.29) is 0 Å². The van der Waals surface area contributed by atoms with E-state index in [9.17, 15) is 18.0 Å². The van der Waals surface area contributed by atoms with Crippen LogP contribution in [0.4, 0.5) is 13.2 Å². The van der Waals surface area contributed by atoms with Gasteiger partial charge >= 0.3 is 6.18 Å². The van der Waals surface area contributed by atoms with Crippen LogP contribution in [0.2, 0.25) is 0 Å². The highest BCUT2D eigenvalue weighted by Crippen LogP contribution is 2.29. The van der Waals surface area contributed by atoms with Gasteiger partial charge < -0.3 is 0 Å². The summed E-state index contributed by atoms with van der Waals surface area (Å²) in [5, 5.41) is 0. The van der Waals surface area contributed by atoms with Gasteiger partial charge in [-0.2, -0.15) is 13.2 Å². The van der Waals surface area contributed by atoms with Crippen molar-refractivity contribution in [3.05, 3.63) is 21.4 Å². The van der Waals surface area contributed by atoms with Crippen molar-refractivity contribution >= 4 is 17.2 Å². The first kappa shape index (κ1) is 13.4. The molecule has 1 aliphatic rings. The van der Waals surface area contributed by atoms with Crippen LogP contribution in [-0.4, -0.2) is 18.7 Å². The van der Waals surface area contributed by atoms with Gasteiger partial charge in [-0.15, -0.1) is 11.3 Å². The molecule has 7 heteroatoms. The number of fused-ring (bicyclic) bond motifs is 1. The van der Waals surface area contributed by atoms with Crippen LogP contribution in [0.25, 0.3) is 0 Å². The quantitative estimate of drug-likeness (QED) is 0.864. The van der Waals surface area contributed by atoms with Gasteiger partial charge in [-0.05, 0) is 37.3 Å². The molecule has 1 N–H and O–H groups in total. The Morgan fingerprint density at radius 3 is 2.78 bits per heavy atom. The molecule has 2 rings (SSSR count). The molecule has 0 saturated carbocycles. The van der Waals surface area contributed by atoms with Crippen LogP contribution in [0.15, 0.2) is 6.07 Å². The van der Waals surface area contributed by atoms with Gasteiger partial charge in [0.1, 0.15) is 0 Å². The van der Waals surface area contributed by atoms with Crippen molar-refractivity contribution in [3.8, 4) is 0 Å². The molecule has 3 nitrogen and oxygen atoms in total. The van der Waals surface area contributed by atoms with Gasteiger partial charge in [-0.25, -0.2) is 5.48 Å². The molecule has 1 aromatic rings. The zero-order valence-electron chi connectivity index (χ0n) is 9.47. The topological polar surface area (TPSA) is 38.3 Å². The highest BCUT2D eigenvalue weighted by Gasteiger charge is 2.28. The van der Waals surface area contributed by atoms with E-state index in [1.807, 2.05) is 5.48 Å². The maximum absolute atomic E-state index is 11.8. The Bertz CT molecular complexity index is 418. The van der Waals surface area contributed by atoms with Gasteiger partial charge in [-0.3, -0.25) is 9.63 Å². The summed E-state index contributed by atoms with van der Waals surface area (Å²) in [6.45, 7) is -1.48. The number of hydroxylamine groups is 1. The van der Waals surface area contributed by atoms with Crippen molar-refractivity contribution in [2.24, 2.45) is 0 Å². The van der Waals surface area contributed by atoms with E-state index in [1.54, 1.807) is 6.07 Å². The van der Waals surface area contributed by atoms with Gasteiger partial charge in [0.2, 0.25) is 0 Å². The van der Waals surface area contributed by atoms with Gasteiger partial charge in [-0.1, -0.05) is 0 Å². The zero-order valence-corrected chi connectivity index (χ0v) is 10.3. The summed E-state index contributed by atoms with van der Waals surface area (Å²) in [5.41, 5.74) is 2.95. The number of halogens is 3. The lowest BCUT2D eigenvalue weighted by Gasteiger charge is -2.08. The summed E-state index contributed by atoms with van der Waals surface area (Å²) in [6, 6.07) is 1.74. The number of hydrogen-bond acceptors (Lipinski definition) is 3. The van der Waals surface area contributed by atoms with Crippen LogP contribution in [0, 0.1) is 0 Å². The molecule has 0 radical (unpaired) electrons. The second-order valence-electron chi connectivity index (χ2n) is 4.10. The normalized spacial score (nSPS) is 15.3. The molecular weight excluding hydrogens is 267 g/mol. The number of rotatable bonds is 3. The van der Waals surface area contributed by atoms with Gasteiger partial charge in [0.25, 0.3) is 5.91 Å². The van der Waals surface area contributed by atoms with Crippen molar-refractivity contribution in [1.82, 2.24) is 5.48 Å². The van der Waals surface area contributed by atoms with E-state index in [0.717, 1.165) is 36.1 Å². The lowest BCUT2D eigenvalue weighted by molar-refractivity contribution is -0.184. The Balaban J connectivity index is 1.91. The Morgan fingerprint density at radius 1 is 1.39 bits per heavy atom. The molecule has 100 valence electrons. The summed E-state index contributed by atoms with van der Waals surface area (Å²) in [4.78, 5) is 17.2. The molecule has 0 saturated heterocycles. The van der Waals surface area contributed by atoms with Crippen LogP contribution in [0.5, 0.6) is 0 Å². The number of aryl methyl sites for hydroxylation is 2. The number of nitrogens with one attached hydrogen (secondary N) is 1. The lowest BCUT2D eigenvalue weighted by Crippen LogP contribution is -2.29. The van der Waals surface area contributed by atoms with Crippen LogP contribution < -0.4 is 5.48 Å². The third-order valence-corrected chi connectivity index (χ3v) is 3.86. The second kappa shape index (κ2) is 5.27. The molecule has 0 bridgehead atoms. The fourth-order valence-electron chi connectivity index (χ4n) is 1.84.